The van der Waals surface area contributed by atoms with Crippen LogP contribution in [0.15, 0.2) is 18.2 Å². The molecular weight excluding hydrogens is 320 g/mol. The van der Waals surface area contributed by atoms with Gasteiger partial charge in [-0.05, 0) is 38.5 Å². The average Bonchev–Trinajstić information content (AvgIpc) is 2.51. The molecular formula is C16H23ClN2O4. The highest BCUT2D eigenvalue weighted by Crippen LogP contribution is 2.29. The number of amides is 2. The van der Waals surface area contributed by atoms with Gasteiger partial charge in [0.2, 0.25) is 11.8 Å². The Morgan fingerprint density at radius 3 is 2.52 bits per heavy atom. The molecule has 128 valence electrons. The van der Waals surface area contributed by atoms with Gasteiger partial charge < -0.3 is 20.1 Å². The predicted octanol–water partition coefficient (Wildman–Crippen LogP) is 2.47. The van der Waals surface area contributed by atoms with Gasteiger partial charge in [0, 0.05) is 25.3 Å². The van der Waals surface area contributed by atoms with E-state index >= 15 is 0 Å². The van der Waals surface area contributed by atoms with Crippen molar-refractivity contribution >= 4 is 29.1 Å². The Morgan fingerprint density at radius 2 is 1.91 bits per heavy atom. The van der Waals surface area contributed by atoms with Crippen molar-refractivity contribution in [1.82, 2.24) is 5.32 Å². The molecule has 0 aliphatic heterocycles. The number of rotatable bonds is 8. The van der Waals surface area contributed by atoms with E-state index < -0.39 is 11.3 Å². The van der Waals surface area contributed by atoms with Crippen LogP contribution in [0.1, 0.15) is 20.3 Å². The third-order valence-corrected chi connectivity index (χ3v) is 3.59. The number of hydrogen-bond donors (Lipinski definition) is 2. The van der Waals surface area contributed by atoms with Gasteiger partial charge in [-0.15, -0.1) is 0 Å². The van der Waals surface area contributed by atoms with Crippen LogP contribution in [0.3, 0.4) is 0 Å². The lowest BCUT2D eigenvalue weighted by atomic mass is 9.91. The molecule has 0 heterocycles. The zero-order valence-electron chi connectivity index (χ0n) is 13.9. The fourth-order valence-corrected chi connectivity index (χ4v) is 1.97. The Labute approximate surface area is 141 Å². The molecule has 0 radical (unpaired) electrons. The lowest BCUT2D eigenvalue weighted by Gasteiger charge is -2.23. The Kier molecular flexibility index (Phi) is 7.32. The smallest absolute Gasteiger partial charge is 0.239 e. The van der Waals surface area contributed by atoms with Gasteiger partial charge in [-0.3, -0.25) is 9.59 Å². The van der Waals surface area contributed by atoms with Crippen molar-refractivity contribution < 1.29 is 19.1 Å². The number of anilines is 1. The molecule has 2 N–H and O–H groups in total. The molecule has 0 spiro atoms. The largest absolute Gasteiger partial charge is 0.495 e. The first-order chi connectivity index (χ1) is 10.8. The van der Waals surface area contributed by atoms with Crippen LogP contribution in [-0.2, 0) is 14.3 Å². The molecule has 1 aromatic carbocycles. The molecule has 7 heteroatoms. The first-order valence-corrected chi connectivity index (χ1v) is 7.63. The van der Waals surface area contributed by atoms with Crippen LogP contribution in [0.2, 0.25) is 5.02 Å². The normalized spacial score (nSPS) is 11.0. The summed E-state index contributed by atoms with van der Waals surface area (Å²) in [5.74, 6) is -0.326. The summed E-state index contributed by atoms with van der Waals surface area (Å²) in [5.41, 5.74) is -0.814. The summed E-state index contributed by atoms with van der Waals surface area (Å²) in [5, 5.41) is 5.88. The highest BCUT2D eigenvalue weighted by molar-refractivity contribution is 6.31. The molecule has 0 bridgehead atoms. The molecule has 0 saturated heterocycles. The quantitative estimate of drug-likeness (QED) is 0.562. The summed E-state index contributed by atoms with van der Waals surface area (Å²) < 4.78 is 10.1. The fourth-order valence-electron chi connectivity index (χ4n) is 1.80. The molecule has 23 heavy (non-hydrogen) atoms. The van der Waals surface area contributed by atoms with E-state index in [9.17, 15) is 9.59 Å². The second-order valence-corrected chi connectivity index (χ2v) is 5.96. The van der Waals surface area contributed by atoms with Crippen LogP contribution in [0.4, 0.5) is 5.69 Å². The summed E-state index contributed by atoms with van der Waals surface area (Å²) in [6, 6.07) is 4.88. The summed E-state index contributed by atoms with van der Waals surface area (Å²) in [6.45, 7) is 4.12. The van der Waals surface area contributed by atoms with E-state index in [-0.39, 0.29) is 5.91 Å². The lowest BCUT2D eigenvalue weighted by Crippen LogP contribution is -2.45. The van der Waals surface area contributed by atoms with Gasteiger partial charge in [-0.2, -0.15) is 0 Å². The average molecular weight is 343 g/mol. The van der Waals surface area contributed by atoms with Gasteiger partial charge in [-0.25, -0.2) is 0 Å². The van der Waals surface area contributed by atoms with E-state index in [0.717, 1.165) is 0 Å². The van der Waals surface area contributed by atoms with Gasteiger partial charge in [-0.1, -0.05) is 11.6 Å². The summed E-state index contributed by atoms with van der Waals surface area (Å²) in [6.07, 6.45) is 0.683. The molecule has 0 saturated carbocycles. The van der Waals surface area contributed by atoms with Crippen LogP contribution < -0.4 is 15.4 Å². The number of benzene rings is 1. The van der Waals surface area contributed by atoms with Crippen LogP contribution >= 0.6 is 11.6 Å². The van der Waals surface area contributed by atoms with Crippen molar-refractivity contribution in [2.24, 2.45) is 5.41 Å². The highest BCUT2D eigenvalue weighted by atomic mass is 35.5. The van der Waals surface area contributed by atoms with Gasteiger partial charge in [0.25, 0.3) is 0 Å². The van der Waals surface area contributed by atoms with Gasteiger partial charge in [0.1, 0.15) is 11.2 Å². The SMILES string of the molecule is COCCCNC(=O)C(C)(C)C(=O)Nc1cc(Cl)ccc1OC. The molecule has 1 aromatic rings. The Morgan fingerprint density at radius 1 is 1.22 bits per heavy atom. The van der Waals surface area contributed by atoms with E-state index in [0.29, 0.717) is 36.0 Å². The summed E-state index contributed by atoms with van der Waals surface area (Å²) in [4.78, 5) is 24.7. The number of carbonyl (C=O) groups excluding carboxylic acids is 2. The molecule has 0 atom stereocenters. The van der Waals surface area contributed by atoms with E-state index in [1.165, 1.54) is 7.11 Å². The zero-order chi connectivity index (χ0) is 17.5. The second-order valence-electron chi connectivity index (χ2n) is 5.53. The maximum Gasteiger partial charge on any atom is 0.239 e. The van der Waals surface area contributed by atoms with Crippen molar-refractivity contribution in [3.63, 3.8) is 0 Å². The van der Waals surface area contributed by atoms with Gasteiger partial charge in [0.05, 0.1) is 12.8 Å². The van der Waals surface area contributed by atoms with Crippen LogP contribution in [0, 0.1) is 5.41 Å². The lowest BCUT2D eigenvalue weighted by molar-refractivity contribution is -0.138. The molecule has 6 nitrogen and oxygen atoms in total. The third kappa shape index (κ3) is 5.41. The van der Waals surface area contributed by atoms with Crippen LogP contribution in [-0.4, -0.2) is 39.2 Å². The van der Waals surface area contributed by atoms with Crippen molar-refractivity contribution in [1.29, 1.82) is 0 Å². The summed E-state index contributed by atoms with van der Waals surface area (Å²) in [7, 11) is 3.09. The number of ether oxygens (including phenoxy) is 2. The standard InChI is InChI=1S/C16H23ClN2O4/c1-16(2,14(20)18-8-5-9-22-3)15(21)19-12-10-11(17)6-7-13(12)23-4/h6-7,10H,5,8-9H2,1-4H3,(H,18,20)(H,19,21). The zero-order valence-corrected chi connectivity index (χ0v) is 14.6. The molecule has 0 aliphatic rings. The maximum absolute atomic E-state index is 12.4. The number of hydrogen-bond acceptors (Lipinski definition) is 4. The van der Waals surface area contributed by atoms with Crippen molar-refractivity contribution in [2.75, 3.05) is 32.7 Å². The van der Waals surface area contributed by atoms with E-state index in [1.807, 2.05) is 0 Å². The Hall–Kier alpha value is -1.79. The maximum atomic E-state index is 12.4. The third-order valence-electron chi connectivity index (χ3n) is 3.36. The topological polar surface area (TPSA) is 76.7 Å². The minimum Gasteiger partial charge on any atom is -0.495 e. The minimum absolute atomic E-state index is 0.355. The molecule has 0 unspecified atom stereocenters. The second kappa shape index (κ2) is 8.74. The van der Waals surface area contributed by atoms with Crippen LogP contribution in [0.25, 0.3) is 0 Å². The highest BCUT2D eigenvalue weighted by Gasteiger charge is 2.36. The van der Waals surface area contributed by atoms with Crippen molar-refractivity contribution in [2.45, 2.75) is 20.3 Å². The first kappa shape index (κ1) is 19.3. The van der Waals surface area contributed by atoms with Crippen LogP contribution in [0.5, 0.6) is 5.75 Å². The molecule has 0 aliphatic carbocycles. The fraction of sp³-hybridized carbons (Fsp3) is 0.500. The van der Waals surface area contributed by atoms with Crippen molar-refractivity contribution in [3.05, 3.63) is 23.2 Å². The van der Waals surface area contributed by atoms with Gasteiger partial charge in [0.15, 0.2) is 0 Å². The van der Waals surface area contributed by atoms with E-state index in [2.05, 4.69) is 10.6 Å². The Bertz CT molecular complexity index is 561. The number of nitrogens with one attached hydrogen (secondary N) is 2. The van der Waals surface area contributed by atoms with Crippen molar-refractivity contribution in [3.8, 4) is 5.75 Å². The molecule has 0 fully saturated rings. The molecule has 2 amide bonds. The van der Waals surface area contributed by atoms with E-state index in [4.69, 9.17) is 21.1 Å². The monoisotopic (exact) mass is 342 g/mol. The molecule has 1 rings (SSSR count). The predicted molar refractivity (Wildman–Crippen MR) is 89.9 cm³/mol. The number of halogens is 1. The Balaban J connectivity index is 2.75. The summed E-state index contributed by atoms with van der Waals surface area (Å²) >= 11 is 5.93. The number of methoxy groups -OCH3 is 2. The molecule has 0 aromatic heterocycles. The minimum atomic E-state index is -1.24. The van der Waals surface area contributed by atoms with E-state index in [1.54, 1.807) is 39.2 Å². The van der Waals surface area contributed by atoms with Gasteiger partial charge >= 0.3 is 0 Å². The number of carbonyl (C=O) groups is 2. The first-order valence-electron chi connectivity index (χ1n) is 7.25.